The van der Waals surface area contributed by atoms with Gasteiger partial charge in [-0.1, -0.05) is 6.07 Å². The summed E-state index contributed by atoms with van der Waals surface area (Å²) < 4.78 is 3.42. The monoisotopic (exact) mass is 772 g/mol. The van der Waals surface area contributed by atoms with Gasteiger partial charge in [0.15, 0.2) is 11.3 Å². The molecule has 57 heavy (non-hydrogen) atoms. The molecule has 1 unspecified atom stereocenters. The van der Waals surface area contributed by atoms with Gasteiger partial charge in [-0.25, -0.2) is 9.50 Å². The van der Waals surface area contributed by atoms with Crippen LogP contribution in [0.15, 0.2) is 42.9 Å². The van der Waals surface area contributed by atoms with Crippen LogP contribution in [0.2, 0.25) is 0 Å². The van der Waals surface area contributed by atoms with Gasteiger partial charge >= 0.3 is 0 Å². The minimum Gasteiger partial charge on any atom is -0.354 e. The predicted molar refractivity (Wildman–Crippen MR) is 205 cm³/mol. The largest absolute Gasteiger partial charge is 0.354 e. The summed E-state index contributed by atoms with van der Waals surface area (Å²) >= 11 is 0. The van der Waals surface area contributed by atoms with Crippen LogP contribution in [-0.2, 0) is 9.59 Å². The van der Waals surface area contributed by atoms with Crippen LogP contribution in [0.1, 0.15) is 106 Å². The molecule has 1 aliphatic carbocycles. The number of piperazine rings is 1. The second kappa shape index (κ2) is 15.2. The first kappa shape index (κ1) is 36.6. The van der Waals surface area contributed by atoms with E-state index in [0.29, 0.717) is 33.9 Å². The van der Waals surface area contributed by atoms with Gasteiger partial charge in [0.2, 0.25) is 11.8 Å². The van der Waals surface area contributed by atoms with Gasteiger partial charge in [0, 0.05) is 45.3 Å². The molecule has 17 nitrogen and oxygen atoms in total. The molecular weight excluding hydrogens is 729 g/mol. The van der Waals surface area contributed by atoms with Crippen molar-refractivity contribution in [1.82, 2.24) is 44.8 Å². The van der Waals surface area contributed by atoms with Crippen molar-refractivity contribution >= 4 is 46.7 Å². The molecule has 3 saturated heterocycles. The number of nitriles is 1. The molecule has 1 aromatic carbocycles. The molecule has 4 aliphatic heterocycles. The number of carbonyl (C=O) groups is 5. The van der Waals surface area contributed by atoms with Crippen molar-refractivity contribution < 1.29 is 24.0 Å². The van der Waals surface area contributed by atoms with Gasteiger partial charge in [-0.3, -0.25) is 38.9 Å². The molecule has 4 aromatic rings. The number of nitrogens with zero attached hydrogens (tertiary/aromatic N) is 9. The second-order valence-electron chi connectivity index (χ2n) is 15.8. The van der Waals surface area contributed by atoms with Gasteiger partial charge < -0.3 is 20.4 Å². The van der Waals surface area contributed by atoms with Crippen LogP contribution in [0.25, 0.3) is 5.65 Å². The zero-order valence-corrected chi connectivity index (χ0v) is 31.5. The molecule has 9 rings (SSSR count). The first-order valence-corrected chi connectivity index (χ1v) is 19.9. The van der Waals surface area contributed by atoms with Crippen LogP contribution in [0.5, 0.6) is 0 Å². The smallest absolute Gasteiger partial charge is 0.262 e. The number of likely N-dealkylation sites (tertiary alicyclic amines) is 1. The molecule has 5 amide bonds. The Morgan fingerprint density at radius 2 is 1.70 bits per heavy atom. The average molecular weight is 773 g/mol. The highest BCUT2D eigenvalue weighted by Gasteiger charge is 2.45. The van der Waals surface area contributed by atoms with Gasteiger partial charge in [0.1, 0.15) is 23.5 Å². The van der Waals surface area contributed by atoms with Crippen molar-refractivity contribution in [1.29, 1.82) is 5.26 Å². The number of hydrogen-bond acceptors (Lipinski definition) is 12. The Bertz CT molecular complexity index is 2310. The van der Waals surface area contributed by atoms with Crippen LogP contribution < -0.4 is 20.9 Å². The van der Waals surface area contributed by atoms with Gasteiger partial charge in [-0.05, 0) is 93.6 Å². The number of amides is 5. The highest BCUT2D eigenvalue weighted by molar-refractivity contribution is 6.23. The molecule has 0 radical (unpaired) electrons. The SMILES string of the molecule is N#Cc1nn(C2CCC(CN3CCC(c4ccc5c(c4)C(=O)N(C4CCC(=O)NC4=O)C5=O)CC3)CC2)cc1NC(=O)c1cnn2ccc(N3CCNCC3)nc12. The van der Waals surface area contributed by atoms with E-state index < -0.39 is 35.6 Å². The molecule has 1 atom stereocenters. The van der Waals surface area contributed by atoms with E-state index in [-0.39, 0.29) is 30.5 Å². The first-order valence-electron chi connectivity index (χ1n) is 19.9. The molecule has 5 aliphatic rings. The Balaban J connectivity index is 0.772. The standard InChI is InChI=1S/C40H44N12O5/c41-20-31-32(44-37(54)30-21-43-50-16-11-34(45-36(30)50)49-17-12-42-13-18-49)23-51(47-31)27-4-1-24(2-5-27)22-48-14-9-25(10-15-48)26-3-6-28-29(19-26)40(57)52(39(28)56)33-7-8-35(53)46-38(33)55/h3,6,11,16,19,21,23-25,27,33,42H,1-2,4-5,7-10,12-15,17-18,22H2,(H,44,54)(H,46,53,55). The Kier molecular flexibility index (Phi) is 9.75. The molecule has 4 fully saturated rings. The molecule has 7 heterocycles. The Hall–Kier alpha value is -5.99. The molecule has 17 heteroatoms. The number of nitrogens with one attached hydrogen (secondary N) is 3. The van der Waals surface area contributed by atoms with Crippen molar-refractivity contribution in [2.75, 3.05) is 56.0 Å². The lowest BCUT2D eigenvalue weighted by Gasteiger charge is -2.36. The average Bonchev–Trinajstić information content (AvgIpc) is 3.92. The van der Waals surface area contributed by atoms with Gasteiger partial charge in [0.25, 0.3) is 17.7 Å². The first-order chi connectivity index (χ1) is 27.7. The minimum atomic E-state index is -0.971. The molecule has 0 bridgehead atoms. The van der Waals surface area contributed by atoms with Crippen molar-refractivity contribution in [3.8, 4) is 6.07 Å². The van der Waals surface area contributed by atoms with Gasteiger partial charge in [0.05, 0.1) is 35.2 Å². The molecule has 3 N–H and O–H groups in total. The number of aromatic nitrogens is 5. The van der Waals surface area contributed by atoms with Gasteiger partial charge in [-0.2, -0.15) is 15.5 Å². The zero-order valence-electron chi connectivity index (χ0n) is 31.5. The number of hydrogen-bond donors (Lipinski definition) is 3. The molecule has 1 saturated carbocycles. The van der Waals surface area contributed by atoms with E-state index in [1.54, 1.807) is 23.0 Å². The summed E-state index contributed by atoms with van der Waals surface area (Å²) in [6, 6.07) is 8.68. The topological polar surface area (TPSA) is 203 Å². The lowest BCUT2D eigenvalue weighted by Crippen LogP contribution is -2.54. The van der Waals surface area contributed by atoms with E-state index in [1.807, 2.05) is 22.9 Å². The van der Waals surface area contributed by atoms with Crippen molar-refractivity contribution in [2.45, 2.75) is 69.4 Å². The molecule has 294 valence electrons. The number of piperidine rings is 2. The summed E-state index contributed by atoms with van der Waals surface area (Å²) in [5.41, 5.74) is 2.99. The summed E-state index contributed by atoms with van der Waals surface area (Å²) in [4.78, 5) is 74.5. The molecule has 0 spiro atoms. The lowest BCUT2D eigenvalue weighted by molar-refractivity contribution is -0.136. The van der Waals surface area contributed by atoms with Crippen LogP contribution in [0.3, 0.4) is 0 Å². The number of rotatable bonds is 8. The normalized spacial score (nSPS) is 23.5. The van der Waals surface area contributed by atoms with Crippen LogP contribution >= 0.6 is 0 Å². The third-order valence-electron chi connectivity index (χ3n) is 12.4. The van der Waals surface area contributed by atoms with E-state index in [2.05, 4.69) is 42.0 Å². The van der Waals surface area contributed by atoms with E-state index in [4.69, 9.17) is 4.98 Å². The third-order valence-corrected chi connectivity index (χ3v) is 12.4. The molecular formula is C40H44N12O5. The van der Waals surface area contributed by atoms with Crippen molar-refractivity contribution in [3.63, 3.8) is 0 Å². The maximum atomic E-state index is 13.5. The fraction of sp³-hybridized carbons (Fsp3) is 0.475. The highest BCUT2D eigenvalue weighted by atomic mass is 16.2. The van der Waals surface area contributed by atoms with E-state index in [9.17, 15) is 29.2 Å². The maximum absolute atomic E-state index is 13.5. The van der Waals surface area contributed by atoms with Crippen LogP contribution in [0.4, 0.5) is 11.5 Å². The van der Waals surface area contributed by atoms with Crippen LogP contribution in [0, 0.1) is 17.2 Å². The fourth-order valence-corrected chi connectivity index (χ4v) is 9.18. The van der Waals surface area contributed by atoms with E-state index >= 15 is 0 Å². The number of fused-ring (bicyclic) bond motifs is 2. The molecule has 3 aromatic heterocycles. The minimum absolute atomic E-state index is 0.0910. The number of carbonyl (C=O) groups excluding carboxylic acids is 5. The van der Waals surface area contributed by atoms with E-state index in [0.717, 1.165) is 101 Å². The van der Waals surface area contributed by atoms with E-state index in [1.165, 1.54) is 6.20 Å². The number of imide groups is 2. The van der Waals surface area contributed by atoms with Crippen LogP contribution in [-0.4, -0.2) is 116 Å². The lowest BCUT2D eigenvalue weighted by atomic mass is 9.84. The summed E-state index contributed by atoms with van der Waals surface area (Å²) in [7, 11) is 0. The number of anilines is 2. The summed E-state index contributed by atoms with van der Waals surface area (Å²) in [6.07, 6.45) is 11.1. The summed E-state index contributed by atoms with van der Waals surface area (Å²) in [6.45, 7) is 6.27. The third kappa shape index (κ3) is 7.03. The summed E-state index contributed by atoms with van der Waals surface area (Å²) in [5, 5.41) is 27.3. The quantitative estimate of drug-likeness (QED) is 0.221. The second-order valence-corrected chi connectivity index (χ2v) is 15.8. The maximum Gasteiger partial charge on any atom is 0.262 e. The zero-order chi connectivity index (χ0) is 39.2. The Labute approximate surface area is 328 Å². The summed E-state index contributed by atoms with van der Waals surface area (Å²) in [5.74, 6) is -0.754. The Morgan fingerprint density at radius 1 is 0.930 bits per heavy atom. The fourth-order valence-electron chi connectivity index (χ4n) is 9.18. The highest BCUT2D eigenvalue weighted by Crippen LogP contribution is 2.37. The Morgan fingerprint density at radius 3 is 2.46 bits per heavy atom. The van der Waals surface area contributed by atoms with Gasteiger partial charge in [-0.15, -0.1) is 0 Å². The number of benzene rings is 1. The van der Waals surface area contributed by atoms with Crippen molar-refractivity contribution in [3.05, 3.63) is 70.8 Å². The van der Waals surface area contributed by atoms with Crippen molar-refractivity contribution in [2.24, 2.45) is 5.92 Å². The predicted octanol–water partition coefficient (Wildman–Crippen LogP) is 2.47.